The first-order valence-electron chi connectivity index (χ1n) is 8.42. The number of hydrogen-bond donors (Lipinski definition) is 1. The number of nitrogens with one attached hydrogen (secondary N) is 1. The molecule has 0 radical (unpaired) electrons. The van der Waals surface area contributed by atoms with Crippen molar-refractivity contribution >= 4 is 5.96 Å². The van der Waals surface area contributed by atoms with Crippen LogP contribution in [0, 0.1) is 5.92 Å². The van der Waals surface area contributed by atoms with Crippen LogP contribution in [0.2, 0.25) is 0 Å². The third kappa shape index (κ3) is 9.69. The molecule has 0 amide bonds. The number of unbranched alkanes of at least 4 members (excludes halogenated alkanes) is 1. The van der Waals surface area contributed by atoms with E-state index in [2.05, 4.69) is 36.1 Å². The average molecular weight is 299 g/mol. The number of nitrogens with zero attached hydrogens (tertiary/aromatic N) is 2. The van der Waals surface area contributed by atoms with Gasteiger partial charge in [0.1, 0.15) is 0 Å². The van der Waals surface area contributed by atoms with Crippen molar-refractivity contribution in [3.63, 3.8) is 0 Å². The summed E-state index contributed by atoms with van der Waals surface area (Å²) in [5.41, 5.74) is 0. The highest BCUT2D eigenvalue weighted by molar-refractivity contribution is 5.79. The summed E-state index contributed by atoms with van der Waals surface area (Å²) in [6.07, 6.45) is 4.99. The van der Waals surface area contributed by atoms with Gasteiger partial charge < -0.3 is 19.7 Å². The van der Waals surface area contributed by atoms with Gasteiger partial charge in [0.15, 0.2) is 5.96 Å². The summed E-state index contributed by atoms with van der Waals surface area (Å²) in [7, 11) is 2.06. The molecular weight excluding hydrogens is 266 g/mol. The van der Waals surface area contributed by atoms with E-state index in [4.69, 9.17) is 9.47 Å². The van der Waals surface area contributed by atoms with Crippen molar-refractivity contribution in [1.29, 1.82) is 0 Å². The van der Waals surface area contributed by atoms with Crippen LogP contribution in [0.4, 0.5) is 0 Å². The minimum atomic E-state index is 0.695. The standard InChI is InChI=1S/C16H33N3O2/c1-4-6-11-20-12-9-18-16(17-5-2)19(3)10-13-21-14-15-7-8-15/h15H,4-14H2,1-3H3,(H,17,18). The molecule has 1 rings (SSSR count). The molecule has 1 aliphatic rings. The maximum absolute atomic E-state index is 5.68. The van der Waals surface area contributed by atoms with E-state index in [1.807, 2.05) is 0 Å². The zero-order valence-electron chi connectivity index (χ0n) is 14.1. The lowest BCUT2D eigenvalue weighted by Gasteiger charge is -2.22. The van der Waals surface area contributed by atoms with Gasteiger partial charge in [-0.2, -0.15) is 0 Å². The Balaban J connectivity index is 2.14. The lowest BCUT2D eigenvalue weighted by molar-refractivity contribution is 0.115. The van der Waals surface area contributed by atoms with E-state index in [0.29, 0.717) is 13.2 Å². The van der Waals surface area contributed by atoms with E-state index in [9.17, 15) is 0 Å². The Morgan fingerprint density at radius 3 is 2.67 bits per heavy atom. The molecule has 0 aromatic heterocycles. The van der Waals surface area contributed by atoms with Gasteiger partial charge in [-0.15, -0.1) is 0 Å². The Hall–Kier alpha value is -0.810. The summed E-state index contributed by atoms with van der Waals surface area (Å²) in [5.74, 6) is 1.77. The molecular formula is C16H33N3O2. The molecule has 0 spiro atoms. The third-order valence-electron chi connectivity index (χ3n) is 3.46. The lowest BCUT2D eigenvalue weighted by Crippen LogP contribution is -2.40. The Bertz CT molecular complexity index is 281. The van der Waals surface area contributed by atoms with Crippen LogP contribution in [-0.4, -0.2) is 64.0 Å². The SMILES string of the molecule is CCCCOCCN=C(NCC)N(C)CCOCC1CC1. The Kier molecular flexibility index (Phi) is 10.3. The Morgan fingerprint density at radius 2 is 2.00 bits per heavy atom. The molecule has 21 heavy (non-hydrogen) atoms. The highest BCUT2D eigenvalue weighted by atomic mass is 16.5. The van der Waals surface area contributed by atoms with Crippen molar-refractivity contribution < 1.29 is 9.47 Å². The second kappa shape index (κ2) is 11.8. The van der Waals surface area contributed by atoms with Crippen LogP contribution in [0.3, 0.4) is 0 Å². The predicted molar refractivity (Wildman–Crippen MR) is 87.9 cm³/mol. The normalized spacial score (nSPS) is 15.3. The monoisotopic (exact) mass is 299 g/mol. The molecule has 1 N–H and O–H groups in total. The maximum Gasteiger partial charge on any atom is 0.193 e. The van der Waals surface area contributed by atoms with Gasteiger partial charge in [-0.1, -0.05) is 13.3 Å². The Labute approximate surface area is 130 Å². The van der Waals surface area contributed by atoms with E-state index in [0.717, 1.165) is 51.2 Å². The number of likely N-dealkylation sites (N-methyl/N-ethyl adjacent to an activating group) is 1. The van der Waals surface area contributed by atoms with Gasteiger partial charge >= 0.3 is 0 Å². The second-order valence-corrected chi connectivity index (χ2v) is 5.64. The van der Waals surface area contributed by atoms with E-state index < -0.39 is 0 Å². The minimum absolute atomic E-state index is 0.695. The summed E-state index contributed by atoms with van der Waals surface area (Å²) in [4.78, 5) is 6.72. The Morgan fingerprint density at radius 1 is 1.19 bits per heavy atom. The van der Waals surface area contributed by atoms with Crippen molar-refractivity contribution in [3.05, 3.63) is 0 Å². The molecule has 124 valence electrons. The summed E-state index contributed by atoms with van der Waals surface area (Å²) >= 11 is 0. The zero-order valence-corrected chi connectivity index (χ0v) is 14.1. The van der Waals surface area contributed by atoms with Gasteiger partial charge in [-0.25, -0.2) is 0 Å². The number of aliphatic imine (C=N–C) groups is 1. The van der Waals surface area contributed by atoms with Gasteiger partial charge in [0, 0.05) is 33.4 Å². The number of ether oxygens (including phenoxy) is 2. The predicted octanol–water partition coefficient (Wildman–Crippen LogP) is 2.13. The summed E-state index contributed by atoms with van der Waals surface area (Å²) in [6, 6.07) is 0. The fourth-order valence-corrected chi connectivity index (χ4v) is 1.88. The fraction of sp³-hybridized carbons (Fsp3) is 0.938. The minimum Gasteiger partial charge on any atom is -0.380 e. The number of hydrogen-bond acceptors (Lipinski definition) is 3. The molecule has 5 heteroatoms. The topological polar surface area (TPSA) is 46.1 Å². The lowest BCUT2D eigenvalue weighted by atomic mass is 10.4. The first-order chi connectivity index (χ1) is 10.3. The average Bonchev–Trinajstić information content (AvgIpc) is 3.30. The molecule has 0 aromatic rings. The fourth-order valence-electron chi connectivity index (χ4n) is 1.88. The van der Waals surface area contributed by atoms with Gasteiger partial charge in [0.25, 0.3) is 0 Å². The van der Waals surface area contributed by atoms with Crippen LogP contribution in [0.1, 0.15) is 39.5 Å². The van der Waals surface area contributed by atoms with Crippen molar-refractivity contribution in [2.24, 2.45) is 10.9 Å². The molecule has 0 aromatic carbocycles. The van der Waals surface area contributed by atoms with Gasteiger partial charge in [-0.05, 0) is 32.1 Å². The molecule has 0 aliphatic heterocycles. The highest BCUT2D eigenvalue weighted by Gasteiger charge is 2.21. The van der Waals surface area contributed by atoms with Crippen molar-refractivity contribution in [2.75, 3.05) is 53.1 Å². The molecule has 0 bridgehead atoms. The van der Waals surface area contributed by atoms with Crippen LogP contribution in [0.5, 0.6) is 0 Å². The van der Waals surface area contributed by atoms with E-state index in [-0.39, 0.29) is 0 Å². The smallest absolute Gasteiger partial charge is 0.193 e. The first kappa shape index (κ1) is 18.2. The van der Waals surface area contributed by atoms with Crippen LogP contribution >= 0.6 is 0 Å². The summed E-state index contributed by atoms with van der Waals surface area (Å²) < 4.78 is 11.2. The maximum atomic E-state index is 5.68. The molecule has 1 aliphatic carbocycles. The summed E-state index contributed by atoms with van der Waals surface area (Å²) in [6.45, 7) is 9.94. The van der Waals surface area contributed by atoms with Gasteiger partial charge in [-0.3, -0.25) is 4.99 Å². The first-order valence-corrected chi connectivity index (χ1v) is 8.42. The van der Waals surface area contributed by atoms with Gasteiger partial charge in [0.2, 0.25) is 0 Å². The van der Waals surface area contributed by atoms with E-state index in [1.54, 1.807) is 0 Å². The van der Waals surface area contributed by atoms with E-state index >= 15 is 0 Å². The zero-order chi connectivity index (χ0) is 15.3. The van der Waals surface area contributed by atoms with Crippen LogP contribution in [0.15, 0.2) is 4.99 Å². The van der Waals surface area contributed by atoms with Crippen LogP contribution < -0.4 is 5.32 Å². The largest absolute Gasteiger partial charge is 0.380 e. The van der Waals surface area contributed by atoms with Crippen molar-refractivity contribution in [3.8, 4) is 0 Å². The summed E-state index contributed by atoms with van der Waals surface area (Å²) in [5, 5.41) is 3.31. The molecule has 1 saturated carbocycles. The molecule has 0 unspecified atom stereocenters. The molecule has 1 fully saturated rings. The molecule has 0 heterocycles. The van der Waals surface area contributed by atoms with Crippen LogP contribution in [0.25, 0.3) is 0 Å². The quantitative estimate of drug-likeness (QED) is 0.341. The number of rotatable bonds is 12. The van der Waals surface area contributed by atoms with Crippen LogP contribution in [-0.2, 0) is 9.47 Å². The van der Waals surface area contributed by atoms with Crippen molar-refractivity contribution in [2.45, 2.75) is 39.5 Å². The van der Waals surface area contributed by atoms with Crippen molar-refractivity contribution in [1.82, 2.24) is 10.2 Å². The highest BCUT2D eigenvalue weighted by Crippen LogP contribution is 2.28. The molecule has 0 atom stereocenters. The van der Waals surface area contributed by atoms with E-state index in [1.165, 1.54) is 19.3 Å². The molecule has 5 nitrogen and oxygen atoms in total. The third-order valence-corrected chi connectivity index (χ3v) is 3.46. The number of guanidine groups is 1. The van der Waals surface area contributed by atoms with Gasteiger partial charge in [0.05, 0.1) is 19.8 Å². The molecule has 0 saturated heterocycles. The second-order valence-electron chi connectivity index (χ2n) is 5.64.